The summed E-state index contributed by atoms with van der Waals surface area (Å²) in [6.45, 7) is 4.05. The van der Waals surface area contributed by atoms with Crippen molar-refractivity contribution in [2.24, 2.45) is 5.92 Å². The summed E-state index contributed by atoms with van der Waals surface area (Å²) >= 11 is 5.94. The van der Waals surface area contributed by atoms with Crippen LogP contribution < -0.4 is 0 Å². The Morgan fingerprint density at radius 3 is 2.79 bits per heavy atom. The molecule has 0 amide bonds. The summed E-state index contributed by atoms with van der Waals surface area (Å²) < 4.78 is 5.44. The van der Waals surface area contributed by atoms with E-state index in [-0.39, 0.29) is 0 Å². The fourth-order valence-electron chi connectivity index (χ4n) is 2.60. The minimum Gasteiger partial charge on any atom is -0.378 e. The van der Waals surface area contributed by atoms with Crippen molar-refractivity contribution in [3.63, 3.8) is 0 Å². The third-order valence-electron chi connectivity index (χ3n) is 3.50. The lowest BCUT2D eigenvalue weighted by molar-refractivity contribution is -0.00552. The Balaban J connectivity index is 1.81. The molecule has 14 heavy (non-hydrogen) atoms. The van der Waals surface area contributed by atoms with E-state index in [2.05, 4.69) is 4.90 Å². The average Bonchev–Trinajstić information content (AvgIpc) is 2.71. The molecule has 1 unspecified atom stereocenters. The summed E-state index contributed by atoms with van der Waals surface area (Å²) in [5.74, 6) is 1.64. The number of ether oxygens (including phenoxy) is 1. The van der Waals surface area contributed by atoms with Crippen molar-refractivity contribution in [2.45, 2.75) is 31.7 Å². The van der Waals surface area contributed by atoms with Gasteiger partial charge in [0, 0.05) is 25.0 Å². The fourth-order valence-corrected chi connectivity index (χ4v) is 2.88. The fraction of sp³-hybridized carbons (Fsp3) is 1.00. The van der Waals surface area contributed by atoms with Crippen LogP contribution in [-0.2, 0) is 4.74 Å². The summed E-state index contributed by atoms with van der Waals surface area (Å²) in [4.78, 5) is 2.53. The lowest BCUT2D eigenvalue weighted by Gasteiger charge is -2.36. The normalized spacial score (nSPS) is 31.1. The minimum atomic E-state index is 0.464. The van der Waals surface area contributed by atoms with E-state index in [0.717, 1.165) is 25.7 Å². The summed E-state index contributed by atoms with van der Waals surface area (Å²) in [5, 5.41) is 0. The SMILES string of the molecule is ClCC1COCCN1CC1CCCC1. The molecule has 0 aromatic carbocycles. The highest BCUT2D eigenvalue weighted by Gasteiger charge is 2.25. The van der Waals surface area contributed by atoms with E-state index in [1.165, 1.54) is 32.2 Å². The first kappa shape index (κ1) is 10.7. The standard InChI is InChI=1S/C11H20ClNO/c12-7-11-9-14-6-5-13(11)8-10-3-1-2-4-10/h10-11H,1-9H2. The number of hydrogen-bond acceptors (Lipinski definition) is 2. The molecule has 1 saturated heterocycles. The third kappa shape index (κ3) is 2.62. The molecule has 0 aromatic rings. The van der Waals surface area contributed by atoms with Crippen LogP contribution in [0.5, 0.6) is 0 Å². The largest absolute Gasteiger partial charge is 0.378 e. The van der Waals surface area contributed by atoms with Crippen molar-refractivity contribution >= 4 is 11.6 Å². The van der Waals surface area contributed by atoms with Gasteiger partial charge in [0.1, 0.15) is 0 Å². The molecule has 3 heteroatoms. The van der Waals surface area contributed by atoms with Crippen LogP contribution in [0.15, 0.2) is 0 Å². The van der Waals surface area contributed by atoms with Crippen molar-refractivity contribution in [1.29, 1.82) is 0 Å². The van der Waals surface area contributed by atoms with Crippen LogP contribution in [0.4, 0.5) is 0 Å². The molecule has 2 nitrogen and oxygen atoms in total. The first-order valence-electron chi connectivity index (χ1n) is 5.78. The van der Waals surface area contributed by atoms with E-state index in [0.29, 0.717) is 11.9 Å². The van der Waals surface area contributed by atoms with Gasteiger partial charge in [0.15, 0.2) is 0 Å². The Kier molecular flexibility index (Phi) is 4.09. The monoisotopic (exact) mass is 217 g/mol. The van der Waals surface area contributed by atoms with Crippen LogP contribution in [-0.4, -0.2) is 43.1 Å². The van der Waals surface area contributed by atoms with Gasteiger partial charge in [-0.15, -0.1) is 11.6 Å². The Labute approximate surface area is 91.6 Å². The van der Waals surface area contributed by atoms with E-state index in [4.69, 9.17) is 16.3 Å². The number of rotatable bonds is 3. The van der Waals surface area contributed by atoms with Crippen molar-refractivity contribution in [2.75, 3.05) is 32.2 Å². The van der Waals surface area contributed by atoms with Crippen LogP contribution in [0.2, 0.25) is 0 Å². The van der Waals surface area contributed by atoms with Gasteiger partial charge in [-0.3, -0.25) is 4.90 Å². The maximum atomic E-state index is 5.94. The zero-order valence-electron chi connectivity index (χ0n) is 8.75. The first-order chi connectivity index (χ1) is 6.90. The second-order valence-corrected chi connectivity index (χ2v) is 4.84. The van der Waals surface area contributed by atoms with Crippen LogP contribution in [0.1, 0.15) is 25.7 Å². The van der Waals surface area contributed by atoms with E-state index >= 15 is 0 Å². The highest BCUT2D eigenvalue weighted by atomic mass is 35.5. The number of morpholine rings is 1. The van der Waals surface area contributed by atoms with Gasteiger partial charge in [-0.25, -0.2) is 0 Å². The Hall–Kier alpha value is 0.210. The first-order valence-corrected chi connectivity index (χ1v) is 6.31. The average molecular weight is 218 g/mol. The molecule has 0 spiro atoms. The van der Waals surface area contributed by atoms with Crippen LogP contribution in [0, 0.1) is 5.92 Å². The van der Waals surface area contributed by atoms with E-state index in [1.807, 2.05) is 0 Å². The van der Waals surface area contributed by atoms with Crippen LogP contribution in [0.25, 0.3) is 0 Å². The van der Waals surface area contributed by atoms with Crippen molar-refractivity contribution in [3.8, 4) is 0 Å². The van der Waals surface area contributed by atoms with Gasteiger partial charge in [-0.05, 0) is 18.8 Å². The molecule has 1 aliphatic carbocycles. The lowest BCUT2D eigenvalue weighted by atomic mass is 10.1. The molecule has 2 rings (SSSR count). The van der Waals surface area contributed by atoms with Crippen molar-refractivity contribution in [3.05, 3.63) is 0 Å². The second-order valence-electron chi connectivity index (χ2n) is 4.53. The number of nitrogens with zero attached hydrogens (tertiary/aromatic N) is 1. The zero-order chi connectivity index (χ0) is 9.80. The summed E-state index contributed by atoms with van der Waals surface area (Å²) in [6, 6.07) is 0.464. The van der Waals surface area contributed by atoms with Gasteiger partial charge < -0.3 is 4.74 Å². The van der Waals surface area contributed by atoms with Gasteiger partial charge in [0.25, 0.3) is 0 Å². The van der Waals surface area contributed by atoms with Gasteiger partial charge in [-0.1, -0.05) is 12.8 Å². The number of hydrogen-bond donors (Lipinski definition) is 0. The Morgan fingerprint density at radius 2 is 2.07 bits per heavy atom. The maximum absolute atomic E-state index is 5.94. The van der Waals surface area contributed by atoms with E-state index in [9.17, 15) is 0 Å². The lowest BCUT2D eigenvalue weighted by Crippen LogP contribution is -2.48. The van der Waals surface area contributed by atoms with E-state index < -0.39 is 0 Å². The van der Waals surface area contributed by atoms with Crippen molar-refractivity contribution < 1.29 is 4.74 Å². The summed E-state index contributed by atoms with van der Waals surface area (Å²) in [7, 11) is 0. The predicted octanol–water partition coefficient (Wildman–Crippen LogP) is 2.12. The Morgan fingerprint density at radius 1 is 1.29 bits per heavy atom. The van der Waals surface area contributed by atoms with Crippen LogP contribution >= 0.6 is 11.6 Å². The Bertz CT molecular complexity index is 171. The molecule has 1 atom stereocenters. The van der Waals surface area contributed by atoms with Gasteiger partial charge >= 0.3 is 0 Å². The highest BCUT2D eigenvalue weighted by molar-refractivity contribution is 6.18. The molecular weight excluding hydrogens is 198 g/mol. The molecular formula is C11H20ClNO. The van der Waals surface area contributed by atoms with E-state index in [1.54, 1.807) is 0 Å². The zero-order valence-corrected chi connectivity index (χ0v) is 9.51. The molecule has 0 radical (unpaired) electrons. The highest BCUT2D eigenvalue weighted by Crippen LogP contribution is 2.26. The van der Waals surface area contributed by atoms with Gasteiger partial charge in [0.05, 0.1) is 13.2 Å². The van der Waals surface area contributed by atoms with Gasteiger partial charge in [0.2, 0.25) is 0 Å². The topological polar surface area (TPSA) is 12.5 Å². The summed E-state index contributed by atoms with van der Waals surface area (Å²) in [6.07, 6.45) is 5.71. The van der Waals surface area contributed by atoms with Crippen LogP contribution in [0.3, 0.4) is 0 Å². The molecule has 1 aliphatic heterocycles. The smallest absolute Gasteiger partial charge is 0.0634 e. The number of alkyl halides is 1. The molecule has 2 fully saturated rings. The molecule has 0 bridgehead atoms. The molecule has 2 aliphatic rings. The molecule has 0 aromatic heterocycles. The molecule has 0 N–H and O–H groups in total. The minimum absolute atomic E-state index is 0.464. The second kappa shape index (κ2) is 5.34. The number of halogens is 1. The third-order valence-corrected chi connectivity index (χ3v) is 3.85. The van der Waals surface area contributed by atoms with Gasteiger partial charge in [-0.2, -0.15) is 0 Å². The maximum Gasteiger partial charge on any atom is 0.0634 e. The van der Waals surface area contributed by atoms with Crippen molar-refractivity contribution in [1.82, 2.24) is 4.90 Å². The molecule has 1 heterocycles. The summed E-state index contributed by atoms with van der Waals surface area (Å²) in [5.41, 5.74) is 0. The quantitative estimate of drug-likeness (QED) is 0.672. The molecule has 1 saturated carbocycles. The molecule has 82 valence electrons. The predicted molar refractivity (Wildman–Crippen MR) is 58.9 cm³/mol.